The molecule has 3 rings (SSSR count). The van der Waals surface area contributed by atoms with Crippen molar-refractivity contribution in [3.63, 3.8) is 0 Å². The van der Waals surface area contributed by atoms with Gasteiger partial charge in [0.2, 0.25) is 0 Å². The number of carbonyl (C=O) groups excluding carboxylic acids is 1. The lowest BCUT2D eigenvalue weighted by Crippen LogP contribution is -2.14. The van der Waals surface area contributed by atoms with E-state index in [2.05, 4.69) is 20.3 Å². The summed E-state index contributed by atoms with van der Waals surface area (Å²) in [5.41, 5.74) is 1.26. The highest BCUT2D eigenvalue weighted by Gasteiger charge is 2.16. The van der Waals surface area contributed by atoms with Gasteiger partial charge in [-0.05, 0) is 36.4 Å². The number of nitrogens with zero attached hydrogens (tertiary/aromatic N) is 1. The smallest absolute Gasteiger partial charge is 0.387 e. The van der Waals surface area contributed by atoms with Crippen LogP contribution in [0.5, 0.6) is 5.75 Å². The van der Waals surface area contributed by atoms with Gasteiger partial charge in [-0.1, -0.05) is 35.3 Å². The largest absolute Gasteiger partial charge is 0.433 e. The topological polar surface area (TPSA) is 67.0 Å². The van der Waals surface area contributed by atoms with Crippen molar-refractivity contribution in [1.82, 2.24) is 10.2 Å². The Balaban J connectivity index is 1.81. The predicted octanol–water partition coefficient (Wildman–Crippen LogP) is 5.24. The van der Waals surface area contributed by atoms with Crippen molar-refractivity contribution in [2.75, 3.05) is 5.32 Å². The summed E-state index contributed by atoms with van der Waals surface area (Å²) in [6.07, 6.45) is 0. The van der Waals surface area contributed by atoms with E-state index in [9.17, 15) is 13.6 Å². The maximum Gasteiger partial charge on any atom is 0.387 e. The molecule has 2 N–H and O–H groups in total. The number of nitrogens with one attached hydrogen (secondary N) is 2. The molecule has 1 aromatic heterocycles. The fourth-order valence-corrected chi connectivity index (χ4v) is 2.74. The van der Waals surface area contributed by atoms with E-state index >= 15 is 0 Å². The quantitative estimate of drug-likeness (QED) is 0.618. The predicted molar refractivity (Wildman–Crippen MR) is 95.1 cm³/mol. The van der Waals surface area contributed by atoms with E-state index in [1.165, 1.54) is 24.3 Å². The van der Waals surface area contributed by atoms with Crippen LogP contribution >= 0.6 is 23.2 Å². The van der Waals surface area contributed by atoms with E-state index in [0.29, 0.717) is 21.3 Å². The second-order valence-electron chi connectivity index (χ2n) is 5.12. The molecule has 3 aromatic rings. The number of halogens is 4. The van der Waals surface area contributed by atoms with Crippen LogP contribution in [-0.4, -0.2) is 22.7 Å². The van der Waals surface area contributed by atoms with Crippen LogP contribution < -0.4 is 10.1 Å². The zero-order valence-corrected chi connectivity index (χ0v) is 14.5. The van der Waals surface area contributed by atoms with Crippen molar-refractivity contribution in [2.24, 2.45) is 0 Å². The third-order valence-corrected chi connectivity index (χ3v) is 3.93. The zero-order valence-electron chi connectivity index (χ0n) is 13.0. The molecule has 9 heteroatoms. The van der Waals surface area contributed by atoms with Crippen molar-refractivity contribution in [1.29, 1.82) is 0 Å². The summed E-state index contributed by atoms with van der Waals surface area (Å²) in [5.74, 6) is -0.713. The van der Waals surface area contributed by atoms with Gasteiger partial charge in [0.25, 0.3) is 5.91 Å². The zero-order chi connectivity index (χ0) is 18.7. The number of aromatic nitrogens is 2. The fraction of sp³-hybridized carbons (Fsp3) is 0.0588. The van der Waals surface area contributed by atoms with Gasteiger partial charge in [0, 0.05) is 10.6 Å². The molecule has 1 amide bonds. The van der Waals surface area contributed by atoms with Gasteiger partial charge in [0.15, 0.2) is 0 Å². The molecule has 0 saturated heterocycles. The third kappa shape index (κ3) is 4.12. The second kappa shape index (κ2) is 7.72. The van der Waals surface area contributed by atoms with Crippen LogP contribution in [0.4, 0.5) is 14.5 Å². The highest BCUT2D eigenvalue weighted by molar-refractivity contribution is 6.36. The van der Waals surface area contributed by atoms with E-state index in [4.69, 9.17) is 23.2 Å². The minimum Gasteiger partial charge on any atom is -0.433 e. The van der Waals surface area contributed by atoms with Crippen molar-refractivity contribution in [3.8, 4) is 17.0 Å². The molecule has 0 unspecified atom stereocenters. The van der Waals surface area contributed by atoms with Crippen LogP contribution in [0.2, 0.25) is 10.0 Å². The first-order chi connectivity index (χ1) is 12.4. The van der Waals surface area contributed by atoms with Gasteiger partial charge in [0.05, 0.1) is 16.4 Å². The first kappa shape index (κ1) is 18.2. The number of carbonyl (C=O) groups is 1. The lowest BCUT2D eigenvalue weighted by Gasteiger charge is -2.10. The Morgan fingerprint density at radius 3 is 2.65 bits per heavy atom. The monoisotopic (exact) mass is 397 g/mol. The molecule has 26 heavy (non-hydrogen) atoms. The van der Waals surface area contributed by atoms with Crippen LogP contribution in [0.3, 0.4) is 0 Å². The Bertz CT molecular complexity index is 947. The molecule has 0 spiro atoms. The van der Waals surface area contributed by atoms with Crippen LogP contribution in [0.25, 0.3) is 11.3 Å². The number of ether oxygens (including phenoxy) is 1. The molecule has 134 valence electrons. The summed E-state index contributed by atoms with van der Waals surface area (Å²) in [4.78, 5) is 12.4. The number of anilines is 1. The second-order valence-corrected chi connectivity index (χ2v) is 5.96. The van der Waals surface area contributed by atoms with Gasteiger partial charge in [0.1, 0.15) is 11.4 Å². The molecule has 0 radical (unpaired) electrons. The minimum atomic E-state index is -3.00. The lowest BCUT2D eigenvalue weighted by atomic mass is 10.1. The highest BCUT2D eigenvalue weighted by atomic mass is 35.5. The van der Waals surface area contributed by atoms with Gasteiger partial charge in [-0.2, -0.15) is 13.9 Å². The highest BCUT2D eigenvalue weighted by Crippen LogP contribution is 2.30. The van der Waals surface area contributed by atoms with Gasteiger partial charge < -0.3 is 10.1 Å². The number of para-hydroxylation sites is 2. The molecule has 0 bridgehead atoms. The van der Waals surface area contributed by atoms with E-state index in [1.54, 1.807) is 24.3 Å². The van der Waals surface area contributed by atoms with E-state index < -0.39 is 12.5 Å². The maximum atomic E-state index is 12.4. The minimum absolute atomic E-state index is 0.110. The summed E-state index contributed by atoms with van der Waals surface area (Å²) >= 11 is 12.0. The molecule has 0 aliphatic heterocycles. The number of hydrogen-bond acceptors (Lipinski definition) is 3. The van der Waals surface area contributed by atoms with Crippen molar-refractivity contribution >= 4 is 34.8 Å². The average Bonchev–Trinajstić information content (AvgIpc) is 3.06. The van der Waals surface area contributed by atoms with Crippen LogP contribution in [0.1, 0.15) is 10.5 Å². The Morgan fingerprint density at radius 1 is 1.15 bits per heavy atom. The van der Waals surface area contributed by atoms with Crippen molar-refractivity contribution in [3.05, 3.63) is 64.3 Å². The van der Waals surface area contributed by atoms with Crippen LogP contribution in [0.15, 0.2) is 48.5 Å². The number of rotatable bonds is 5. The van der Waals surface area contributed by atoms with Crippen molar-refractivity contribution in [2.45, 2.75) is 6.61 Å². The molecule has 0 saturated carbocycles. The summed E-state index contributed by atoms with van der Waals surface area (Å²) in [5, 5.41) is 9.98. The number of benzene rings is 2. The number of H-pyrrole nitrogens is 1. The molecule has 5 nitrogen and oxygen atoms in total. The van der Waals surface area contributed by atoms with Gasteiger partial charge >= 0.3 is 6.61 Å². The average molecular weight is 398 g/mol. The maximum absolute atomic E-state index is 12.4. The van der Waals surface area contributed by atoms with Gasteiger partial charge in [-0.3, -0.25) is 9.89 Å². The summed E-state index contributed by atoms with van der Waals surface area (Å²) in [6.45, 7) is -3.00. The lowest BCUT2D eigenvalue weighted by molar-refractivity contribution is -0.0493. The summed E-state index contributed by atoms with van der Waals surface area (Å²) < 4.78 is 29.3. The first-order valence-corrected chi connectivity index (χ1v) is 8.05. The summed E-state index contributed by atoms with van der Waals surface area (Å²) in [6, 6.07) is 12.2. The molecule has 2 aromatic carbocycles. The molecule has 0 aliphatic rings. The molecular weight excluding hydrogens is 387 g/mol. The van der Waals surface area contributed by atoms with E-state index in [-0.39, 0.29) is 17.1 Å². The number of alkyl halides is 2. The Hall–Kier alpha value is -2.64. The standard InChI is InChI=1S/C17H11Cl2F2N3O2/c18-9-5-6-10(11(19)7-9)13-8-14(24-23-13)16(25)22-12-3-1-2-4-15(12)26-17(20)21/h1-8,17H,(H,22,25)(H,23,24). The Labute approximate surface area is 156 Å². The van der Waals surface area contributed by atoms with Gasteiger partial charge in [-0.15, -0.1) is 0 Å². The molecular formula is C17H11Cl2F2N3O2. The normalized spacial score (nSPS) is 10.8. The summed E-state index contributed by atoms with van der Waals surface area (Å²) in [7, 11) is 0. The van der Waals surface area contributed by atoms with Crippen LogP contribution in [-0.2, 0) is 0 Å². The molecule has 0 fully saturated rings. The van der Waals surface area contributed by atoms with E-state index in [1.807, 2.05) is 0 Å². The molecule has 0 atom stereocenters. The van der Waals surface area contributed by atoms with Crippen LogP contribution in [0, 0.1) is 0 Å². The SMILES string of the molecule is O=C(Nc1ccccc1OC(F)F)c1cc(-c2ccc(Cl)cc2Cl)n[nH]1. The molecule has 1 heterocycles. The number of aromatic amines is 1. The van der Waals surface area contributed by atoms with Gasteiger partial charge in [-0.25, -0.2) is 0 Å². The van der Waals surface area contributed by atoms with E-state index in [0.717, 1.165) is 0 Å². The first-order valence-electron chi connectivity index (χ1n) is 7.30. The molecule has 0 aliphatic carbocycles. The fourth-order valence-electron chi connectivity index (χ4n) is 2.23. The Kier molecular flexibility index (Phi) is 5.39. The third-order valence-electron chi connectivity index (χ3n) is 3.38. The Morgan fingerprint density at radius 2 is 1.92 bits per heavy atom. The number of amides is 1. The number of hydrogen-bond donors (Lipinski definition) is 2. The van der Waals surface area contributed by atoms with Crippen molar-refractivity contribution < 1.29 is 18.3 Å².